The molecule has 2 aromatic rings. The molecule has 0 aliphatic carbocycles. The number of benzene rings is 1. The zero-order valence-electron chi connectivity index (χ0n) is 14.7. The van der Waals surface area contributed by atoms with Gasteiger partial charge < -0.3 is 14.8 Å². The second kappa shape index (κ2) is 10.9. The molecule has 12 heteroatoms. The normalized spacial score (nSPS) is 11.3. The summed E-state index contributed by atoms with van der Waals surface area (Å²) in [5, 5.41) is 9.84. The van der Waals surface area contributed by atoms with Crippen LogP contribution in [0, 0.1) is 0 Å². The molecule has 27 heavy (non-hydrogen) atoms. The number of amides is 1. The Morgan fingerprint density at radius 2 is 2.04 bits per heavy atom. The molecular formula is C15H21N5O5S2. The Balaban J connectivity index is 1.70. The van der Waals surface area contributed by atoms with E-state index in [2.05, 4.69) is 25.2 Å². The number of carbonyl (C=O) groups excluding carboxylic acids is 1. The van der Waals surface area contributed by atoms with Gasteiger partial charge in [0.05, 0.1) is 11.5 Å². The minimum absolute atomic E-state index is 0.111. The van der Waals surface area contributed by atoms with Gasteiger partial charge in [-0.15, -0.1) is 0 Å². The molecule has 0 spiro atoms. The van der Waals surface area contributed by atoms with Crippen LogP contribution in [0.25, 0.3) is 0 Å². The van der Waals surface area contributed by atoms with Gasteiger partial charge in [0.15, 0.2) is 11.8 Å². The fraction of sp³-hybridized carbons (Fsp3) is 0.400. The standard InChI is InChI=1S/C15H21N5O5S2/c1-24-8-6-19-27(22,23)13-4-2-12(3-5-13)25-10-14(21)16-7-9-26-15-17-11-18-20-15/h2-5,11,19H,6-10H2,1H3,(H,16,21)(H,17,18,20). The summed E-state index contributed by atoms with van der Waals surface area (Å²) in [6, 6.07) is 5.82. The molecule has 10 nitrogen and oxygen atoms in total. The van der Waals surface area contributed by atoms with E-state index in [4.69, 9.17) is 9.47 Å². The predicted octanol–water partition coefficient (Wildman–Crippen LogP) is 0.0167. The number of ether oxygens (including phenoxy) is 2. The number of hydrogen-bond acceptors (Lipinski definition) is 8. The maximum absolute atomic E-state index is 12.0. The van der Waals surface area contributed by atoms with E-state index in [9.17, 15) is 13.2 Å². The lowest BCUT2D eigenvalue weighted by Crippen LogP contribution is -2.30. The lowest BCUT2D eigenvalue weighted by atomic mass is 10.3. The fourth-order valence-electron chi connectivity index (χ4n) is 1.88. The van der Waals surface area contributed by atoms with Crippen molar-refractivity contribution in [3.8, 4) is 5.75 Å². The fourth-order valence-corrected chi connectivity index (χ4v) is 3.53. The molecule has 0 atom stereocenters. The number of thioether (sulfide) groups is 1. The topological polar surface area (TPSA) is 135 Å². The zero-order valence-corrected chi connectivity index (χ0v) is 16.3. The number of nitrogens with zero attached hydrogens (tertiary/aromatic N) is 2. The third kappa shape index (κ3) is 7.54. The minimum Gasteiger partial charge on any atom is -0.484 e. The Hall–Kier alpha value is -2.15. The molecule has 0 saturated carbocycles. The van der Waals surface area contributed by atoms with Crippen molar-refractivity contribution in [1.82, 2.24) is 25.2 Å². The first-order chi connectivity index (χ1) is 13.0. The highest BCUT2D eigenvalue weighted by Gasteiger charge is 2.13. The van der Waals surface area contributed by atoms with E-state index in [0.717, 1.165) is 0 Å². The van der Waals surface area contributed by atoms with Crippen LogP contribution in [0.1, 0.15) is 0 Å². The average Bonchev–Trinajstić information content (AvgIpc) is 3.17. The maximum atomic E-state index is 12.0. The van der Waals surface area contributed by atoms with E-state index in [1.165, 1.54) is 49.5 Å². The summed E-state index contributed by atoms with van der Waals surface area (Å²) in [6.07, 6.45) is 1.42. The molecule has 148 valence electrons. The molecule has 0 radical (unpaired) electrons. The molecule has 0 saturated heterocycles. The molecule has 2 rings (SSSR count). The van der Waals surface area contributed by atoms with Crippen molar-refractivity contribution in [1.29, 1.82) is 0 Å². The second-order valence-corrected chi connectivity index (χ2v) is 7.99. The number of nitrogens with one attached hydrogen (secondary N) is 3. The van der Waals surface area contributed by atoms with Gasteiger partial charge in [-0.25, -0.2) is 18.1 Å². The maximum Gasteiger partial charge on any atom is 0.257 e. The molecular weight excluding hydrogens is 394 g/mol. The molecule has 0 aliphatic heterocycles. The zero-order chi connectivity index (χ0) is 19.5. The third-order valence-corrected chi connectivity index (χ3v) is 5.51. The SMILES string of the molecule is COCCNS(=O)(=O)c1ccc(OCC(=O)NCCSc2ncn[nH]2)cc1. The van der Waals surface area contributed by atoms with Gasteiger partial charge in [0.2, 0.25) is 10.0 Å². The molecule has 0 fully saturated rings. The van der Waals surface area contributed by atoms with Crippen LogP contribution in [0.4, 0.5) is 0 Å². The molecule has 1 aromatic carbocycles. The number of sulfonamides is 1. The van der Waals surface area contributed by atoms with Crippen LogP contribution in [0.5, 0.6) is 5.75 Å². The summed E-state index contributed by atoms with van der Waals surface area (Å²) in [7, 11) is -2.10. The van der Waals surface area contributed by atoms with Gasteiger partial charge in [0.25, 0.3) is 5.91 Å². The third-order valence-electron chi connectivity index (χ3n) is 3.16. The molecule has 0 unspecified atom stereocenters. The van der Waals surface area contributed by atoms with Gasteiger partial charge in [-0.05, 0) is 24.3 Å². The van der Waals surface area contributed by atoms with E-state index in [1.54, 1.807) is 0 Å². The summed E-state index contributed by atoms with van der Waals surface area (Å²) in [4.78, 5) is 15.8. The summed E-state index contributed by atoms with van der Waals surface area (Å²) in [5.41, 5.74) is 0. The summed E-state index contributed by atoms with van der Waals surface area (Å²) < 4.78 is 36.6. The Kier molecular flexibility index (Phi) is 8.51. The first kappa shape index (κ1) is 21.2. The largest absolute Gasteiger partial charge is 0.484 e. The summed E-state index contributed by atoms with van der Waals surface area (Å²) in [6.45, 7) is 0.765. The van der Waals surface area contributed by atoms with E-state index < -0.39 is 10.0 Å². The minimum atomic E-state index is -3.59. The monoisotopic (exact) mass is 415 g/mol. The van der Waals surface area contributed by atoms with Crippen molar-refractivity contribution in [2.24, 2.45) is 0 Å². The molecule has 0 bridgehead atoms. The Labute approximate surface area is 161 Å². The van der Waals surface area contributed by atoms with E-state index in [0.29, 0.717) is 23.2 Å². The van der Waals surface area contributed by atoms with Gasteiger partial charge in [0, 0.05) is 26.0 Å². The van der Waals surface area contributed by atoms with Crippen LogP contribution in [0.2, 0.25) is 0 Å². The van der Waals surface area contributed by atoms with Gasteiger partial charge in [-0.3, -0.25) is 9.89 Å². The van der Waals surface area contributed by atoms with Gasteiger partial charge in [-0.1, -0.05) is 11.8 Å². The first-order valence-corrected chi connectivity index (χ1v) is 10.4. The molecule has 3 N–H and O–H groups in total. The quantitative estimate of drug-likeness (QED) is 0.326. The van der Waals surface area contributed by atoms with E-state index in [1.807, 2.05) is 0 Å². The van der Waals surface area contributed by atoms with Crippen molar-refractivity contribution in [2.75, 3.05) is 39.2 Å². The van der Waals surface area contributed by atoms with Crippen LogP contribution >= 0.6 is 11.8 Å². The number of rotatable bonds is 12. The van der Waals surface area contributed by atoms with Crippen LogP contribution in [-0.2, 0) is 19.6 Å². The molecule has 1 amide bonds. The molecule has 1 aromatic heterocycles. The number of carbonyl (C=O) groups is 1. The number of methoxy groups -OCH3 is 1. The van der Waals surface area contributed by atoms with Crippen LogP contribution in [0.3, 0.4) is 0 Å². The predicted molar refractivity (Wildman–Crippen MR) is 99.1 cm³/mol. The number of aromatic amines is 1. The van der Waals surface area contributed by atoms with Crippen LogP contribution in [-0.4, -0.2) is 68.7 Å². The Morgan fingerprint density at radius 1 is 1.26 bits per heavy atom. The average molecular weight is 415 g/mol. The van der Waals surface area contributed by atoms with E-state index in [-0.39, 0.29) is 30.6 Å². The van der Waals surface area contributed by atoms with Crippen molar-refractivity contribution in [3.05, 3.63) is 30.6 Å². The van der Waals surface area contributed by atoms with Crippen LogP contribution < -0.4 is 14.8 Å². The number of hydrogen-bond donors (Lipinski definition) is 3. The molecule has 0 aliphatic rings. The Morgan fingerprint density at radius 3 is 2.70 bits per heavy atom. The van der Waals surface area contributed by atoms with Gasteiger partial charge >= 0.3 is 0 Å². The summed E-state index contributed by atoms with van der Waals surface area (Å²) >= 11 is 1.44. The number of H-pyrrole nitrogens is 1. The highest BCUT2D eigenvalue weighted by molar-refractivity contribution is 7.99. The van der Waals surface area contributed by atoms with Crippen molar-refractivity contribution in [3.63, 3.8) is 0 Å². The highest BCUT2D eigenvalue weighted by atomic mass is 32.2. The Bertz CT molecular complexity index is 797. The first-order valence-electron chi connectivity index (χ1n) is 7.97. The summed E-state index contributed by atoms with van der Waals surface area (Å²) in [5.74, 6) is 0.770. The number of aromatic nitrogens is 3. The van der Waals surface area contributed by atoms with Crippen molar-refractivity contribution in [2.45, 2.75) is 10.1 Å². The van der Waals surface area contributed by atoms with Crippen LogP contribution in [0.15, 0.2) is 40.6 Å². The lowest BCUT2D eigenvalue weighted by molar-refractivity contribution is -0.122. The van der Waals surface area contributed by atoms with Crippen molar-refractivity contribution < 1.29 is 22.7 Å². The van der Waals surface area contributed by atoms with Gasteiger partial charge in [0.1, 0.15) is 12.1 Å². The highest BCUT2D eigenvalue weighted by Crippen LogP contribution is 2.15. The second-order valence-electron chi connectivity index (χ2n) is 5.14. The lowest BCUT2D eigenvalue weighted by Gasteiger charge is -2.09. The smallest absolute Gasteiger partial charge is 0.257 e. The van der Waals surface area contributed by atoms with E-state index >= 15 is 0 Å². The van der Waals surface area contributed by atoms with Crippen molar-refractivity contribution >= 4 is 27.7 Å². The molecule has 1 heterocycles. The van der Waals surface area contributed by atoms with Gasteiger partial charge in [-0.2, -0.15) is 5.10 Å².